The van der Waals surface area contributed by atoms with Crippen molar-refractivity contribution in [3.8, 4) is 33.8 Å². The number of nitrogens with one attached hydrogen (secondary N) is 8. The molecule has 6 amide bonds. The molecule has 0 atom stereocenters. The van der Waals surface area contributed by atoms with Crippen molar-refractivity contribution in [2.24, 2.45) is 21.5 Å². The van der Waals surface area contributed by atoms with Crippen molar-refractivity contribution in [2.45, 2.75) is 98.3 Å². The summed E-state index contributed by atoms with van der Waals surface area (Å²) in [5, 5.41) is 15.0. The number of aliphatic imine (C=N–C) groups is 2. The van der Waals surface area contributed by atoms with Gasteiger partial charge in [-0.05, 0) is 114 Å². The van der Waals surface area contributed by atoms with Crippen LogP contribution in [0.25, 0.3) is 22.3 Å². The van der Waals surface area contributed by atoms with Crippen LogP contribution in [0.1, 0.15) is 72.4 Å². The fourth-order valence-electron chi connectivity index (χ4n) is 7.44. The predicted molar refractivity (Wildman–Crippen MR) is 334 cm³/mol. The van der Waals surface area contributed by atoms with Crippen molar-refractivity contribution in [1.29, 1.82) is 0 Å². The number of para-hydroxylation sites is 4. The fourth-order valence-corrected chi connectivity index (χ4v) is 7.44. The van der Waals surface area contributed by atoms with E-state index in [1.165, 1.54) is 53.7 Å². The number of amides is 6. The molecule has 2 heterocycles. The normalized spacial score (nSPS) is 11.4. The number of nitrogens with zero attached hydrogens (tertiary/aromatic N) is 5. The first kappa shape index (κ1) is 73.8. The van der Waals surface area contributed by atoms with Crippen molar-refractivity contribution >= 4 is 82.5 Å². The van der Waals surface area contributed by atoms with Crippen LogP contribution >= 0.6 is 23.2 Å². The van der Waals surface area contributed by atoms with E-state index in [0.717, 1.165) is 36.2 Å². The van der Waals surface area contributed by atoms with Crippen LogP contribution in [-0.2, 0) is 22.6 Å². The lowest BCUT2D eigenvalue weighted by Crippen LogP contribution is -2.37. The smallest absolute Gasteiger partial charge is 0.444 e. The average molecular weight is 1320 g/mol. The Hall–Kier alpha value is -9.62. The number of halogens is 8. The van der Waals surface area contributed by atoms with Crippen molar-refractivity contribution in [2.75, 3.05) is 52.8 Å². The molecule has 4 aromatic carbocycles. The van der Waals surface area contributed by atoms with Crippen LogP contribution < -0.4 is 64.0 Å². The number of benzene rings is 4. The van der Waals surface area contributed by atoms with E-state index in [-0.39, 0.29) is 52.2 Å². The molecule has 0 unspecified atom stereocenters. The molecule has 0 fully saturated rings. The molecule has 91 heavy (non-hydrogen) atoms. The first-order valence-corrected chi connectivity index (χ1v) is 28.4. The van der Waals surface area contributed by atoms with Crippen molar-refractivity contribution < 1.29 is 64.5 Å². The van der Waals surface area contributed by atoms with Gasteiger partial charge in [-0.3, -0.25) is 45.5 Å². The topological polar surface area (TPSA) is 349 Å². The highest BCUT2D eigenvalue weighted by atomic mass is 35.5. The van der Waals surface area contributed by atoms with Crippen LogP contribution in [0.3, 0.4) is 0 Å². The first-order valence-electron chi connectivity index (χ1n) is 27.3. The Morgan fingerprint density at radius 3 is 1.48 bits per heavy atom. The van der Waals surface area contributed by atoms with Crippen molar-refractivity contribution in [3.63, 3.8) is 0 Å². The molecule has 0 aliphatic heterocycles. The third kappa shape index (κ3) is 29.0. The number of rotatable bonds is 20. The lowest BCUT2D eigenvalue weighted by atomic mass is 10.1. The standard InChI is InChI=1S/C34H42F3N7O7.C23H25F3N8O3.CH2Cl2/c1-21(40-30(47)50-32(2,3)4)38-17-10-18-44(31(48)51-33(5,6)7)20-22-13-15-23(16-14-22)24-19-39-28(42-27(24)45)43-29(46)41-25-11-8-9-12-26(25)49-34(35,36)37;24-23(25,26)37-18-5-2-1-4-17(18)32-22(36)34-21-31-13-16(19(35)33-21)15-8-6-14(7-9-15)12-29-10-3-11-30-20(27)28;2-1-3/h8-9,11-16,19H,10,17-18,20H2,1-7H3,(H,38,40,47)(H3,39,41,42,43,45,46);1-2,4-9,13,29H,3,10-12H2,(H4,27,28,30)(H3,31,32,33,34,35,36);1H2. The number of carbonyl (C=O) groups excluding carboxylic acids is 4. The van der Waals surface area contributed by atoms with E-state index in [1.807, 2.05) is 12.1 Å². The van der Waals surface area contributed by atoms with Crippen LogP contribution in [0.4, 0.5) is 68.8 Å². The van der Waals surface area contributed by atoms with E-state index in [1.54, 1.807) is 84.9 Å². The van der Waals surface area contributed by atoms with Gasteiger partial charge in [0.15, 0.2) is 17.5 Å². The van der Waals surface area contributed by atoms with Gasteiger partial charge in [0, 0.05) is 45.1 Å². The number of hydrogen-bond acceptors (Lipinski definition) is 15. The zero-order valence-corrected chi connectivity index (χ0v) is 51.8. The maximum atomic E-state index is 13.0. The number of anilines is 4. The summed E-state index contributed by atoms with van der Waals surface area (Å²) in [6.45, 7) is 14.9. The van der Waals surface area contributed by atoms with E-state index in [4.69, 9.17) is 44.1 Å². The summed E-state index contributed by atoms with van der Waals surface area (Å²) in [6, 6.07) is 22.1. The van der Waals surface area contributed by atoms with Gasteiger partial charge in [-0.15, -0.1) is 49.5 Å². The molecule has 0 saturated heterocycles. The predicted octanol–water partition coefficient (Wildman–Crippen LogP) is 11.2. The lowest BCUT2D eigenvalue weighted by Gasteiger charge is -2.27. The molecule has 0 spiro atoms. The minimum Gasteiger partial charge on any atom is -0.444 e. The van der Waals surface area contributed by atoms with Gasteiger partial charge in [0.2, 0.25) is 11.9 Å². The molecule has 0 aliphatic rings. The maximum Gasteiger partial charge on any atom is 0.573 e. The number of aromatic amines is 2. The van der Waals surface area contributed by atoms with Crippen LogP contribution in [0.2, 0.25) is 0 Å². The molecule has 33 heteroatoms. The third-order valence-corrected chi connectivity index (χ3v) is 11.1. The Bertz CT molecular complexity index is 3540. The molecule has 6 aromatic rings. The van der Waals surface area contributed by atoms with Crippen LogP contribution in [0, 0.1) is 0 Å². The SMILES string of the molecule is CC(=NCCCN(Cc1ccc(-c2cnc(NC(=O)Nc3ccccc3OC(F)(F)F)[nH]c2=O)cc1)C(=O)OC(C)(C)C)NC(=O)OC(C)(C)C.ClCCl.NC(N)=NCCCNCc1ccc(-c2cnc(NC(=O)Nc3ccccc3OC(F)(F)F)[nH]c2=O)cc1. The Kier molecular flexibility index (Phi) is 28.4. The maximum absolute atomic E-state index is 13.0. The molecule has 0 aliphatic carbocycles. The highest BCUT2D eigenvalue weighted by Crippen LogP contribution is 2.32. The van der Waals surface area contributed by atoms with E-state index in [9.17, 15) is 55.1 Å². The Morgan fingerprint density at radius 2 is 1.05 bits per heavy atom. The molecule has 0 radical (unpaired) electrons. The van der Waals surface area contributed by atoms with Gasteiger partial charge in [0.1, 0.15) is 17.0 Å². The Balaban J connectivity index is 0.000000389. The fraction of sp³-hybridized carbons (Fsp3) is 0.345. The molecule has 12 N–H and O–H groups in total. The number of guanidine groups is 1. The van der Waals surface area contributed by atoms with Crippen LogP contribution in [0.5, 0.6) is 11.5 Å². The monoisotopic (exact) mass is 1320 g/mol. The largest absolute Gasteiger partial charge is 0.573 e. The molecule has 25 nitrogen and oxygen atoms in total. The van der Waals surface area contributed by atoms with Crippen molar-refractivity contribution in [1.82, 2.24) is 35.5 Å². The highest BCUT2D eigenvalue weighted by molar-refractivity contribution is 6.40. The molecule has 2 aromatic heterocycles. The first-order chi connectivity index (χ1) is 42.7. The molecule has 0 saturated carbocycles. The van der Waals surface area contributed by atoms with Gasteiger partial charge in [-0.25, -0.2) is 29.1 Å². The number of H-pyrrole nitrogens is 2. The number of alkyl halides is 8. The minimum atomic E-state index is -4.97. The molecule has 0 bridgehead atoms. The number of amidine groups is 1. The summed E-state index contributed by atoms with van der Waals surface area (Å²) in [5.41, 5.74) is 10.9. The van der Waals surface area contributed by atoms with Crippen LogP contribution in [0.15, 0.2) is 129 Å². The summed E-state index contributed by atoms with van der Waals surface area (Å²) >= 11 is 9.53. The van der Waals surface area contributed by atoms with Gasteiger partial charge in [0.25, 0.3) is 11.1 Å². The number of alkyl carbamates (subject to hydrolysis) is 1. The Labute approximate surface area is 528 Å². The zero-order chi connectivity index (χ0) is 67.5. The molecule has 492 valence electrons. The number of aromatic nitrogens is 4. The second-order valence-electron chi connectivity index (χ2n) is 20.9. The van der Waals surface area contributed by atoms with E-state index < -0.39 is 70.8 Å². The summed E-state index contributed by atoms with van der Waals surface area (Å²) in [7, 11) is 0. The summed E-state index contributed by atoms with van der Waals surface area (Å²) in [6.07, 6.45) is -7.26. The van der Waals surface area contributed by atoms with Gasteiger partial charge >= 0.3 is 37.0 Å². The number of urea groups is 2. The highest BCUT2D eigenvalue weighted by Gasteiger charge is 2.33. The quantitative estimate of drug-likeness (QED) is 0.0112. The third-order valence-electron chi connectivity index (χ3n) is 11.1. The van der Waals surface area contributed by atoms with E-state index in [0.29, 0.717) is 49.6 Å². The minimum absolute atomic E-state index is 0.0629. The van der Waals surface area contributed by atoms with E-state index in [2.05, 4.69) is 71.3 Å². The van der Waals surface area contributed by atoms with Crippen LogP contribution in [-0.4, -0.2) is 116 Å². The van der Waals surface area contributed by atoms with Gasteiger partial charge in [-0.1, -0.05) is 72.8 Å². The zero-order valence-electron chi connectivity index (χ0n) is 50.3. The number of ether oxygens (including phenoxy) is 4. The number of nitrogens with two attached hydrogens (primary N) is 2. The molecular formula is C58H69Cl2F6N15O10. The molecule has 6 rings (SSSR count). The number of carbonyl (C=O) groups is 4. The molecular weight excluding hydrogens is 1250 g/mol. The van der Waals surface area contributed by atoms with Crippen molar-refractivity contribution in [3.05, 3.63) is 141 Å². The number of hydrogen-bond donors (Lipinski definition) is 10. The average Bonchev–Trinajstić information content (AvgIpc) is 1.29. The summed E-state index contributed by atoms with van der Waals surface area (Å²) < 4.78 is 94.4. The second-order valence-corrected chi connectivity index (χ2v) is 21.7. The Morgan fingerprint density at radius 1 is 0.615 bits per heavy atom. The second kappa shape index (κ2) is 35.0. The van der Waals surface area contributed by atoms with Gasteiger partial charge in [-0.2, -0.15) is 0 Å². The van der Waals surface area contributed by atoms with E-state index >= 15 is 0 Å². The lowest BCUT2D eigenvalue weighted by molar-refractivity contribution is -0.275. The summed E-state index contributed by atoms with van der Waals surface area (Å²) in [4.78, 5) is 97.8. The summed E-state index contributed by atoms with van der Waals surface area (Å²) in [5.74, 6) is -1.22. The van der Waals surface area contributed by atoms with Gasteiger partial charge < -0.3 is 51.3 Å². The van der Waals surface area contributed by atoms with Gasteiger partial charge in [0.05, 0.1) is 27.8 Å².